The Morgan fingerprint density at radius 1 is 0.960 bits per heavy atom. The summed E-state index contributed by atoms with van der Waals surface area (Å²) in [6, 6.07) is 19.4. The van der Waals surface area contributed by atoms with Crippen LogP contribution in [0.1, 0.15) is 11.1 Å². The Labute approximate surface area is 148 Å². The van der Waals surface area contributed by atoms with Crippen LogP contribution < -0.4 is 5.73 Å². The van der Waals surface area contributed by atoms with Crippen molar-refractivity contribution in [3.8, 4) is 0 Å². The third-order valence-corrected chi connectivity index (χ3v) is 4.37. The maximum atomic E-state index is 9.39. The van der Waals surface area contributed by atoms with Crippen LogP contribution >= 0.6 is 0 Å². The minimum Gasteiger partial charge on any atom is -0.395 e. The molecule has 0 aliphatic carbocycles. The van der Waals surface area contributed by atoms with E-state index in [1.807, 2.05) is 60.7 Å². The first-order valence-corrected chi connectivity index (χ1v) is 8.57. The van der Waals surface area contributed by atoms with Gasteiger partial charge >= 0.3 is 0 Å². The van der Waals surface area contributed by atoms with E-state index < -0.39 is 6.04 Å². The molecule has 3 rings (SSSR count). The van der Waals surface area contributed by atoms with Crippen LogP contribution in [0.15, 0.2) is 60.7 Å². The Balaban J connectivity index is 1.63. The van der Waals surface area contributed by atoms with E-state index in [-0.39, 0.29) is 24.9 Å². The number of hydrogen-bond donors (Lipinski definition) is 2. The molecule has 0 saturated carbocycles. The number of hydrogen-bond acceptors (Lipinski definition) is 5. The molecule has 4 unspecified atom stereocenters. The Hall–Kier alpha value is -1.76. The van der Waals surface area contributed by atoms with Crippen LogP contribution in [-0.4, -0.2) is 42.7 Å². The molecule has 1 saturated heterocycles. The molecule has 0 bridgehead atoms. The minimum absolute atomic E-state index is 0.152. The molecule has 0 aromatic heterocycles. The molecule has 4 atom stereocenters. The summed E-state index contributed by atoms with van der Waals surface area (Å²) < 4.78 is 17.9. The Morgan fingerprint density at radius 3 is 2.08 bits per heavy atom. The number of ether oxygens (including phenoxy) is 3. The fourth-order valence-electron chi connectivity index (χ4n) is 2.97. The second-order valence-corrected chi connectivity index (χ2v) is 6.24. The summed E-state index contributed by atoms with van der Waals surface area (Å²) in [6.07, 6.45) is -0.910. The highest BCUT2D eigenvalue weighted by Crippen LogP contribution is 2.24. The van der Waals surface area contributed by atoms with Crippen molar-refractivity contribution in [2.75, 3.05) is 13.2 Å². The number of benzene rings is 2. The maximum absolute atomic E-state index is 9.39. The van der Waals surface area contributed by atoms with Gasteiger partial charge in [-0.25, -0.2) is 0 Å². The number of nitrogens with two attached hydrogens (primary N) is 1. The van der Waals surface area contributed by atoms with Gasteiger partial charge in [0.2, 0.25) is 0 Å². The van der Waals surface area contributed by atoms with Crippen molar-refractivity contribution >= 4 is 0 Å². The molecule has 0 radical (unpaired) electrons. The van der Waals surface area contributed by atoms with Crippen molar-refractivity contribution < 1.29 is 19.3 Å². The summed E-state index contributed by atoms with van der Waals surface area (Å²) in [5.41, 5.74) is 8.17. The third-order valence-electron chi connectivity index (χ3n) is 4.37. The Bertz CT molecular complexity index is 622. The molecule has 25 heavy (non-hydrogen) atoms. The van der Waals surface area contributed by atoms with Crippen LogP contribution in [0.4, 0.5) is 0 Å². The normalized spacial score (nSPS) is 24.3. The molecule has 5 nitrogen and oxygen atoms in total. The van der Waals surface area contributed by atoms with E-state index in [2.05, 4.69) is 0 Å². The molecule has 1 fully saturated rings. The first kappa shape index (κ1) is 18.0. The van der Waals surface area contributed by atoms with E-state index in [0.29, 0.717) is 19.8 Å². The van der Waals surface area contributed by atoms with Crippen LogP contribution in [0, 0.1) is 0 Å². The van der Waals surface area contributed by atoms with Crippen molar-refractivity contribution in [1.29, 1.82) is 0 Å². The highest BCUT2D eigenvalue weighted by atomic mass is 16.6. The zero-order valence-electron chi connectivity index (χ0n) is 14.2. The molecule has 0 spiro atoms. The van der Waals surface area contributed by atoms with E-state index in [0.717, 1.165) is 11.1 Å². The average Bonchev–Trinajstić information content (AvgIpc) is 3.08. The summed E-state index contributed by atoms with van der Waals surface area (Å²) >= 11 is 0. The quantitative estimate of drug-likeness (QED) is 0.765. The molecular weight excluding hydrogens is 318 g/mol. The lowest BCUT2D eigenvalue weighted by Gasteiger charge is -2.26. The van der Waals surface area contributed by atoms with E-state index >= 15 is 0 Å². The van der Waals surface area contributed by atoms with Crippen LogP contribution in [0.3, 0.4) is 0 Å². The highest BCUT2D eigenvalue weighted by molar-refractivity contribution is 5.14. The molecule has 3 N–H and O–H groups in total. The van der Waals surface area contributed by atoms with Crippen LogP contribution in [0.5, 0.6) is 0 Å². The van der Waals surface area contributed by atoms with E-state index in [9.17, 15) is 5.11 Å². The van der Waals surface area contributed by atoms with Crippen molar-refractivity contribution in [1.82, 2.24) is 0 Å². The molecule has 2 aromatic carbocycles. The summed E-state index contributed by atoms with van der Waals surface area (Å²) in [4.78, 5) is 0. The van der Waals surface area contributed by atoms with Crippen LogP contribution in [0.25, 0.3) is 0 Å². The van der Waals surface area contributed by atoms with Gasteiger partial charge in [0.15, 0.2) is 0 Å². The van der Waals surface area contributed by atoms with Gasteiger partial charge in [-0.1, -0.05) is 60.7 Å². The molecule has 1 aliphatic heterocycles. The number of aliphatic hydroxyl groups is 1. The van der Waals surface area contributed by atoms with Gasteiger partial charge < -0.3 is 25.1 Å². The zero-order valence-corrected chi connectivity index (χ0v) is 14.2. The maximum Gasteiger partial charge on any atom is 0.114 e. The summed E-state index contributed by atoms with van der Waals surface area (Å²) in [5, 5.41) is 9.39. The van der Waals surface area contributed by atoms with Crippen molar-refractivity contribution in [2.45, 2.75) is 37.6 Å². The molecule has 0 amide bonds. The van der Waals surface area contributed by atoms with Crippen LogP contribution in [0.2, 0.25) is 0 Å². The van der Waals surface area contributed by atoms with Gasteiger partial charge in [0.05, 0.1) is 32.5 Å². The topological polar surface area (TPSA) is 73.9 Å². The fourth-order valence-corrected chi connectivity index (χ4v) is 2.97. The Morgan fingerprint density at radius 2 is 1.52 bits per heavy atom. The largest absolute Gasteiger partial charge is 0.395 e. The monoisotopic (exact) mass is 343 g/mol. The average molecular weight is 343 g/mol. The summed E-state index contributed by atoms with van der Waals surface area (Å²) in [5.74, 6) is 0. The molecule has 1 aliphatic rings. The zero-order chi connectivity index (χ0) is 17.5. The standard InChI is InChI=1S/C20H25NO4/c21-17(11-22)19-20(24-13-16-9-5-2-6-10-16)18(14-25-19)23-12-15-7-3-1-4-8-15/h1-10,17-20,22H,11-14,21H2. The van der Waals surface area contributed by atoms with Gasteiger partial charge in [0.1, 0.15) is 18.3 Å². The van der Waals surface area contributed by atoms with E-state index in [1.165, 1.54) is 0 Å². The molecule has 1 heterocycles. The van der Waals surface area contributed by atoms with Gasteiger partial charge in [-0.2, -0.15) is 0 Å². The predicted octanol–water partition coefficient (Wildman–Crippen LogP) is 1.88. The predicted molar refractivity (Wildman–Crippen MR) is 94.8 cm³/mol. The molecular formula is C20H25NO4. The van der Waals surface area contributed by atoms with E-state index in [4.69, 9.17) is 19.9 Å². The number of rotatable bonds is 8. The van der Waals surface area contributed by atoms with E-state index in [1.54, 1.807) is 0 Å². The first-order chi connectivity index (χ1) is 12.3. The Kier molecular flexibility index (Phi) is 6.55. The van der Waals surface area contributed by atoms with Crippen LogP contribution in [-0.2, 0) is 27.4 Å². The fraction of sp³-hybridized carbons (Fsp3) is 0.400. The summed E-state index contributed by atoms with van der Waals surface area (Å²) in [7, 11) is 0. The summed E-state index contributed by atoms with van der Waals surface area (Å²) in [6.45, 7) is 1.20. The van der Waals surface area contributed by atoms with Gasteiger partial charge in [-0.3, -0.25) is 0 Å². The second-order valence-electron chi connectivity index (χ2n) is 6.24. The van der Waals surface area contributed by atoms with Gasteiger partial charge in [-0.15, -0.1) is 0 Å². The number of aliphatic hydroxyl groups excluding tert-OH is 1. The second kappa shape index (κ2) is 9.08. The van der Waals surface area contributed by atoms with Crippen molar-refractivity contribution in [3.05, 3.63) is 71.8 Å². The van der Waals surface area contributed by atoms with Crippen molar-refractivity contribution in [3.63, 3.8) is 0 Å². The lowest BCUT2D eigenvalue weighted by atomic mass is 10.0. The lowest BCUT2D eigenvalue weighted by molar-refractivity contribution is -0.0796. The van der Waals surface area contributed by atoms with Crippen molar-refractivity contribution in [2.24, 2.45) is 5.73 Å². The van der Waals surface area contributed by atoms with Gasteiger partial charge in [-0.05, 0) is 11.1 Å². The molecule has 134 valence electrons. The third kappa shape index (κ3) is 4.87. The highest BCUT2D eigenvalue weighted by Gasteiger charge is 2.42. The first-order valence-electron chi connectivity index (χ1n) is 8.57. The molecule has 2 aromatic rings. The van der Waals surface area contributed by atoms with Gasteiger partial charge in [0, 0.05) is 0 Å². The lowest BCUT2D eigenvalue weighted by Crippen LogP contribution is -2.47. The minimum atomic E-state index is -0.494. The SMILES string of the molecule is NC(CO)C1OCC(OCc2ccccc2)C1OCc1ccccc1. The molecule has 5 heteroatoms. The smallest absolute Gasteiger partial charge is 0.114 e. The van der Waals surface area contributed by atoms with Gasteiger partial charge in [0.25, 0.3) is 0 Å².